The number of amides is 1. The second kappa shape index (κ2) is 5.93. The van der Waals surface area contributed by atoms with E-state index in [2.05, 4.69) is 38.9 Å². The molecule has 0 radical (unpaired) electrons. The van der Waals surface area contributed by atoms with E-state index < -0.39 is 0 Å². The number of H-pyrrole nitrogens is 1. The molecule has 132 valence electrons. The molecule has 3 aromatic rings. The summed E-state index contributed by atoms with van der Waals surface area (Å²) >= 11 is 3.64. The number of carbonyl (C=O) groups is 1. The summed E-state index contributed by atoms with van der Waals surface area (Å²) in [5, 5.41) is 4.13. The molecule has 26 heavy (non-hydrogen) atoms. The Hall–Kier alpha value is -2.18. The van der Waals surface area contributed by atoms with Crippen LogP contribution < -0.4 is 0 Å². The van der Waals surface area contributed by atoms with Crippen molar-refractivity contribution in [3.8, 4) is 11.4 Å². The molecule has 0 atom stereocenters. The van der Waals surface area contributed by atoms with Gasteiger partial charge in [-0.1, -0.05) is 28.1 Å². The highest BCUT2D eigenvalue weighted by Gasteiger charge is 2.41. The summed E-state index contributed by atoms with van der Waals surface area (Å²) in [7, 11) is 0. The molecule has 1 aromatic heterocycles. The summed E-state index contributed by atoms with van der Waals surface area (Å²) in [5.74, 6) is 0.905. The molecule has 0 unspecified atom stereocenters. The van der Waals surface area contributed by atoms with Crippen molar-refractivity contribution in [1.29, 1.82) is 0 Å². The number of carbonyl (C=O) groups excluding carboxylic acids is 1. The molecule has 5 rings (SSSR count). The van der Waals surface area contributed by atoms with Crippen LogP contribution in [0.5, 0.6) is 0 Å². The van der Waals surface area contributed by atoms with E-state index in [0.717, 1.165) is 58.4 Å². The molecule has 2 bridgehead atoms. The Balaban J connectivity index is 1.50. The number of aromatic nitrogens is 2. The van der Waals surface area contributed by atoms with E-state index in [1.54, 1.807) is 0 Å². The number of hydrogen-bond donors (Lipinski definition) is 1. The quantitative estimate of drug-likeness (QED) is 0.690. The average Bonchev–Trinajstić information content (AvgIpc) is 3.35. The van der Waals surface area contributed by atoms with Gasteiger partial charge < -0.3 is 4.98 Å². The van der Waals surface area contributed by atoms with Crippen LogP contribution in [0.3, 0.4) is 0 Å². The fourth-order valence-corrected chi connectivity index (χ4v) is 4.68. The highest BCUT2D eigenvalue weighted by atomic mass is 79.9. The maximum Gasteiger partial charge on any atom is 0.268 e. The summed E-state index contributed by atoms with van der Waals surface area (Å²) in [6.45, 7) is 4.05. The van der Waals surface area contributed by atoms with Crippen molar-refractivity contribution in [2.45, 2.75) is 25.8 Å². The number of aromatic amines is 1. The Kier molecular flexibility index (Phi) is 3.65. The first kappa shape index (κ1) is 16.0. The molecule has 1 amide bonds. The van der Waals surface area contributed by atoms with E-state index >= 15 is 0 Å². The van der Waals surface area contributed by atoms with E-state index in [1.807, 2.05) is 35.3 Å². The molecule has 2 fully saturated rings. The molecular formula is C20H19BrN4O. The van der Waals surface area contributed by atoms with Crippen molar-refractivity contribution in [2.75, 3.05) is 13.1 Å². The maximum atomic E-state index is 12.9. The van der Waals surface area contributed by atoms with Gasteiger partial charge in [0.15, 0.2) is 0 Å². The topological polar surface area (TPSA) is 52.2 Å². The van der Waals surface area contributed by atoms with Crippen LogP contribution in [-0.4, -0.2) is 45.0 Å². The van der Waals surface area contributed by atoms with Gasteiger partial charge in [0.25, 0.3) is 5.91 Å². The number of rotatable bonds is 2. The third kappa shape index (κ3) is 2.40. The predicted octanol–water partition coefficient (Wildman–Crippen LogP) is 4.14. The standard InChI is InChI=1S/C20H19BrN4O/c1-12-3-2-4-17-18(12)23-19(22-17)15-6-5-13(11-16(15)21)20(26)25-14-7-9-24(25)10-8-14/h2-6,11,14H,7-10H2,1H3,(H,22,23). The van der Waals surface area contributed by atoms with Gasteiger partial charge in [0.1, 0.15) is 5.82 Å². The van der Waals surface area contributed by atoms with Crippen LogP contribution in [-0.2, 0) is 0 Å². The molecule has 2 aliphatic rings. The second-order valence-corrected chi connectivity index (χ2v) is 7.94. The number of benzene rings is 2. The summed E-state index contributed by atoms with van der Waals surface area (Å²) < 4.78 is 0.876. The Bertz CT molecular complexity index is 1010. The lowest BCUT2D eigenvalue weighted by Gasteiger charge is -2.23. The number of piperidine rings is 1. The molecule has 0 spiro atoms. The molecule has 2 aliphatic heterocycles. The van der Waals surface area contributed by atoms with Crippen LogP contribution in [0.15, 0.2) is 40.9 Å². The molecule has 3 heterocycles. The van der Waals surface area contributed by atoms with Gasteiger partial charge in [0.2, 0.25) is 0 Å². The number of fused-ring (bicyclic) bond motifs is 3. The molecule has 6 heteroatoms. The molecule has 2 aromatic carbocycles. The van der Waals surface area contributed by atoms with Crippen LogP contribution in [0.25, 0.3) is 22.4 Å². The van der Waals surface area contributed by atoms with Crippen LogP contribution in [0.1, 0.15) is 28.8 Å². The smallest absolute Gasteiger partial charge is 0.268 e. The number of para-hydroxylation sites is 1. The van der Waals surface area contributed by atoms with Crippen molar-refractivity contribution >= 4 is 32.9 Å². The highest BCUT2D eigenvalue weighted by molar-refractivity contribution is 9.10. The molecule has 0 saturated carbocycles. The minimum atomic E-state index is 0.0951. The average molecular weight is 411 g/mol. The zero-order valence-corrected chi connectivity index (χ0v) is 16.1. The summed E-state index contributed by atoms with van der Waals surface area (Å²) in [5.41, 5.74) is 4.82. The monoisotopic (exact) mass is 410 g/mol. The van der Waals surface area contributed by atoms with Crippen LogP contribution in [0.4, 0.5) is 0 Å². The number of hydrogen-bond acceptors (Lipinski definition) is 3. The fourth-order valence-electron chi connectivity index (χ4n) is 4.11. The van der Waals surface area contributed by atoms with Gasteiger partial charge in [0.05, 0.1) is 17.1 Å². The molecular weight excluding hydrogens is 392 g/mol. The van der Waals surface area contributed by atoms with E-state index in [1.165, 1.54) is 0 Å². The lowest BCUT2D eigenvalue weighted by atomic mass is 10.1. The first-order valence-electron chi connectivity index (χ1n) is 8.95. The lowest BCUT2D eigenvalue weighted by molar-refractivity contribution is 0.0334. The van der Waals surface area contributed by atoms with Gasteiger partial charge in [-0.3, -0.25) is 9.80 Å². The van der Waals surface area contributed by atoms with Crippen molar-refractivity contribution < 1.29 is 4.79 Å². The van der Waals surface area contributed by atoms with Gasteiger partial charge in [-0.25, -0.2) is 9.99 Å². The van der Waals surface area contributed by atoms with E-state index in [0.29, 0.717) is 11.6 Å². The largest absolute Gasteiger partial charge is 0.338 e. The third-order valence-corrected chi connectivity index (χ3v) is 6.14. The van der Waals surface area contributed by atoms with Crippen LogP contribution in [0, 0.1) is 6.92 Å². The highest BCUT2D eigenvalue weighted by Crippen LogP contribution is 2.33. The Morgan fingerprint density at radius 2 is 2.04 bits per heavy atom. The van der Waals surface area contributed by atoms with E-state index in [-0.39, 0.29) is 5.91 Å². The molecule has 5 nitrogen and oxygen atoms in total. The molecule has 2 saturated heterocycles. The normalized spacial score (nSPS) is 21.7. The van der Waals surface area contributed by atoms with Gasteiger partial charge in [0, 0.05) is 28.7 Å². The van der Waals surface area contributed by atoms with Crippen LogP contribution in [0.2, 0.25) is 0 Å². The first-order chi connectivity index (χ1) is 12.6. The Labute approximate surface area is 160 Å². The van der Waals surface area contributed by atoms with Crippen molar-refractivity contribution in [3.05, 3.63) is 52.0 Å². The van der Waals surface area contributed by atoms with E-state index in [9.17, 15) is 4.79 Å². The maximum absolute atomic E-state index is 12.9. The van der Waals surface area contributed by atoms with Gasteiger partial charge in [-0.05, 0) is 49.6 Å². The molecule has 0 aliphatic carbocycles. The number of aryl methyl sites for hydroxylation is 1. The third-order valence-electron chi connectivity index (χ3n) is 5.49. The molecule has 1 N–H and O–H groups in total. The second-order valence-electron chi connectivity index (χ2n) is 7.09. The Morgan fingerprint density at radius 3 is 2.69 bits per heavy atom. The van der Waals surface area contributed by atoms with Gasteiger partial charge >= 0.3 is 0 Å². The minimum Gasteiger partial charge on any atom is -0.338 e. The van der Waals surface area contributed by atoms with Gasteiger partial charge in [-0.15, -0.1) is 0 Å². The van der Waals surface area contributed by atoms with E-state index in [4.69, 9.17) is 4.98 Å². The van der Waals surface area contributed by atoms with Crippen molar-refractivity contribution in [3.63, 3.8) is 0 Å². The van der Waals surface area contributed by atoms with Crippen LogP contribution >= 0.6 is 15.9 Å². The zero-order valence-electron chi connectivity index (χ0n) is 14.5. The zero-order chi connectivity index (χ0) is 17.8. The first-order valence-corrected chi connectivity index (χ1v) is 9.75. The predicted molar refractivity (Wildman–Crippen MR) is 105 cm³/mol. The summed E-state index contributed by atoms with van der Waals surface area (Å²) in [6, 6.07) is 12.3. The summed E-state index contributed by atoms with van der Waals surface area (Å²) in [4.78, 5) is 21.1. The number of halogens is 1. The van der Waals surface area contributed by atoms with Gasteiger partial charge in [-0.2, -0.15) is 0 Å². The summed E-state index contributed by atoms with van der Waals surface area (Å²) in [6.07, 6.45) is 2.17. The SMILES string of the molecule is Cc1cccc2[nH]c(-c3ccc(C(=O)N4C5CCN4CC5)cc3Br)nc12. The number of nitrogens with one attached hydrogen (secondary N) is 1. The minimum absolute atomic E-state index is 0.0951. The Morgan fingerprint density at radius 1 is 1.23 bits per heavy atom. The number of imidazole rings is 1. The number of hydrazine groups is 1. The number of nitrogens with zero attached hydrogens (tertiary/aromatic N) is 3. The fraction of sp³-hybridized carbons (Fsp3) is 0.300. The van der Waals surface area contributed by atoms with Crippen molar-refractivity contribution in [1.82, 2.24) is 20.0 Å². The van der Waals surface area contributed by atoms with Crippen molar-refractivity contribution in [2.24, 2.45) is 0 Å². The lowest BCUT2D eigenvalue weighted by Crippen LogP contribution is -2.38.